The number of hydrogen-bond acceptors (Lipinski definition) is 2. The standard InChI is InChI=1S/C16H14BrNO2/c17-15-7-5-14(20-15)6-8-16(19)18-10-9-12-3-1-2-4-13(12)11-18/h1-8H,9-11H2/b8-6+. The van der Waals surface area contributed by atoms with E-state index in [1.807, 2.05) is 23.1 Å². The summed E-state index contributed by atoms with van der Waals surface area (Å²) in [6.45, 7) is 1.45. The van der Waals surface area contributed by atoms with Crippen molar-refractivity contribution in [1.82, 2.24) is 4.90 Å². The molecule has 0 spiro atoms. The number of nitrogens with zero attached hydrogens (tertiary/aromatic N) is 1. The molecular formula is C16H14BrNO2. The molecule has 0 radical (unpaired) electrons. The summed E-state index contributed by atoms with van der Waals surface area (Å²) in [5, 5.41) is 0. The Morgan fingerprint density at radius 1 is 1.20 bits per heavy atom. The topological polar surface area (TPSA) is 33.5 Å². The van der Waals surface area contributed by atoms with Gasteiger partial charge in [0, 0.05) is 19.2 Å². The third-order valence-corrected chi connectivity index (χ3v) is 3.85. The molecule has 102 valence electrons. The van der Waals surface area contributed by atoms with Crippen molar-refractivity contribution in [2.24, 2.45) is 0 Å². The SMILES string of the molecule is O=C(/C=C/c1ccc(Br)o1)N1CCc2ccccc2C1. The Kier molecular flexibility index (Phi) is 3.74. The molecule has 0 bridgehead atoms. The van der Waals surface area contributed by atoms with Gasteiger partial charge < -0.3 is 9.32 Å². The van der Waals surface area contributed by atoms with Crippen molar-refractivity contribution in [3.63, 3.8) is 0 Å². The fourth-order valence-corrected chi connectivity index (χ4v) is 2.68. The van der Waals surface area contributed by atoms with Crippen LogP contribution >= 0.6 is 15.9 Å². The van der Waals surface area contributed by atoms with Crippen molar-refractivity contribution < 1.29 is 9.21 Å². The Morgan fingerprint density at radius 3 is 2.75 bits per heavy atom. The van der Waals surface area contributed by atoms with Gasteiger partial charge >= 0.3 is 0 Å². The fourth-order valence-electron chi connectivity index (χ4n) is 2.36. The molecule has 1 amide bonds. The molecular weight excluding hydrogens is 318 g/mol. The molecule has 2 heterocycles. The summed E-state index contributed by atoms with van der Waals surface area (Å²) in [7, 11) is 0. The minimum Gasteiger partial charge on any atom is -0.450 e. The van der Waals surface area contributed by atoms with E-state index >= 15 is 0 Å². The van der Waals surface area contributed by atoms with Gasteiger partial charge in [0.05, 0.1) is 0 Å². The third-order valence-electron chi connectivity index (χ3n) is 3.43. The van der Waals surface area contributed by atoms with Crippen LogP contribution in [-0.4, -0.2) is 17.4 Å². The van der Waals surface area contributed by atoms with Crippen molar-refractivity contribution in [1.29, 1.82) is 0 Å². The molecule has 20 heavy (non-hydrogen) atoms. The molecule has 0 saturated heterocycles. The lowest BCUT2D eigenvalue weighted by Crippen LogP contribution is -2.34. The highest BCUT2D eigenvalue weighted by Gasteiger charge is 2.18. The third kappa shape index (κ3) is 2.85. The molecule has 1 aromatic heterocycles. The Bertz CT molecular complexity index is 660. The van der Waals surface area contributed by atoms with Gasteiger partial charge in [-0.1, -0.05) is 24.3 Å². The summed E-state index contributed by atoms with van der Waals surface area (Å²) in [6, 6.07) is 11.9. The molecule has 0 atom stereocenters. The van der Waals surface area contributed by atoms with E-state index in [0.717, 1.165) is 13.0 Å². The van der Waals surface area contributed by atoms with Crippen LogP contribution in [0.2, 0.25) is 0 Å². The lowest BCUT2D eigenvalue weighted by atomic mass is 10.00. The smallest absolute Gasteiger partial charge is 0.246 e. The number of benzene rings is 1. The minimum absolute atomic E-state index is 0.0204. The van der Waals surface area contributed by atoms with E-state index in [2.05, 4.69) is 28.1 Å². The normalized spacial score (nSPS) is 14.6. The van der Waals surface area contributed by atoms with Crippen LogP contribution in [0.15, 0.2) is 51.6 Å². The van der Waals surface area contributed by atoms with Crippen LogP contribution in [0.4, 0.5) is 0 Å². The maximum Gasteiger partial charge on any atom is 0.246 e. The quantitative estimate of drug-likeness (QED) is 0.787. The first-order valence-electron chi connectivity index (χ1n) is 6.51. The zero-order chi connectivity index (χ0) is 13.9. The maximum absolute atomic E-state index is 12.2. The molecule has 3 rings (SSSR count). The summed E-state index contributed by atoms with van der Waals surface area (Å²) in [5.74, 6) is 0.690. The summed E-state index contributed by atoms with van der Waals surface area (Å²) in [4.78, 5) is 14.0. The largest absolute Gasteiger partial charge is 0.450 e. The summed E-state index contributed by atoms with van der Waals surface area (Å²) >= 11 is 3.24. The molecule has 3 nitrogen and oxygen atoms in total. The highest BCUT2D eigenvalue weighted by atomic mass is 79.9. The van der Waals surface area contributed by atoms with E-state index in [0.29, 0.717) is 17.0 Å². The Morgan fingerprint density at radius 2 is 2.00 bits per heavy atom. The van der Waals surface area contributed by atoms with Crippen molar-refractivity contribution in [2.75, 3.05) is 6.54 Å². The van der Waals surface area contributed by atoms with Crippen LogP contribution in [-0.2, 0) is 17.8 Å². The lowest BCUT2D eigenvalue weighted by Gasteiger charge is -2.27. The van der Waals surface area contributed by atoms with Crippen LogP contribution in [0, 0.1) is 0 Å². The zero-order valence-corrected chi connectivity index (χ0v) is 12.5. The van der Waals surface area contributed by atoms with Crippen LogP contribution in [0.25, 0.3) is 6.08 Å². The van der Waals surface area contributed by atoms with Gasteiger partial charge in [0.1, 0.15) is 5.76 Å². The van der Waals surface area contributed by atoms with Gasteiger partial charge in [-0.05, 0) is 51.7 Å². The van der Waals surface area contributed by atoms with Crippen LogP contribution in [0.1, 0.15) is 16.9 Å². The first kappa shape index (κ1) is 13.2. The van der Waals surface area contributed by atoms with Gasteiger partial charge in [0.2, 0.25) is 5.91 Å². The number of fused-ring (bicyclic) bond motifs is 1. The second-order valence-corrected chi connectivity index (χ2v) is 5.54. The lowest BCUT2D eigenvalue weighted by molar-refractivity contribution is -0.126. The molecule has 0 unspecified atom stereocenters. The number of rotatable bonds is 2. The average molecular weight is 332 g/mol. The number of furan rings is 1. The molecule has 0 N–H and O–H groups in total. The molecule has 0 saturated carbocycles. The van der Waals surface area contributed by atoms with Crippen LogP contribution in [0.3, 0.4) is 0 Å². The van der Waals surface area contributed by atoms with Crippen molar-refractivity contribution in [3.8, 4) is 0 Å². The van der Waals surface area contributed by atoms with Gasteiger partial charge in [0.25, 0.3) is 0 Å². The molecule has 0 aliphatic carbocycles. The highest BCUT2D eigenvalue weighted by Crippen LogP contribution is 2.19. The molecule has 4 heteroatoms. The van der Waals surface area contributed by atoms with E-state index in [1.165, 1.54) is 11.1 Å². The van der Waals surface area contributed by atoms with Crippen LogP contribution in [0.5, 0.6) is 0 Å². The van der Waals surface area contributed by atoms with E-state index in [9.17, 15) is 4.79 Å². The highest BCUT2D eigenvalue weighted by molar-refractivity contribution is 9.10. The van der Waals surface area contributed by atoms with Gasteiger partial charge in [-0.15, -0.1) is 0 Å². The summed E-state index contributed by atoms with van der Waals surface area (Å²) < 4.78 is 6.00. The van der Waals surface area contributed by atoms with Crippen molar-refractivity contribution in [2.45, 2.75) is 13.0 Å². The van der Waals surface area contributed by atoms with Gasteiger partial charge in [0.15, 0.2) is 4.67 Å². The van der Waals surface area contributed by atoms with E-state index in [-0.39, 0.29) is 5.91 Å². The fraction of sp³-hybridized carbons (Fsp3) is 0.188. The van der Waals surface area contributed by atoms with Gasteiger partial charge in [-0.3, -0.25) is 4.79 Å². The minimum atomic E-state index is 0.0204. The first-order chi connectivity index (χ1) is 9.72. The number of hydrogen-bond donors (Lipinski definition) is 0. The Labute approximate surface area is 126 Å². The average Bonchev–Trinajstić information content (AvgIpc) is 2.90. The van der Waals surface area contributed by atoms with Gasteiger partial charge in [-0.2, -0.15) is 0 Å². The van der Waals surface area contributed by atoms with Gasteiger partial charge in [-0.25, -0.2) is 0 Å². The number of amides is 1. The molecule has 1 aromatic carbocycles. The number of carbonyl (C=O) groups excluding carboxylic acids is 1. The van der Waals surface area contributed by atoms with E-state index in [4.69, 9.17) is 4.42 Å². The molecule has 2 aromatic rings. The van der Waals surface area contributed by atoms with Crippen molar-refractivity contribution >= 4 is 27.9 Å². The van der Waals surface area contributed by atoms with E-state index < -0.39 is 0 Å². The monoisotopic (exact) mass is 331 g/mol. The predicted molar refractivity (Wildman–Crippen MR) is 81.0 cm³/mol. The molecule has 0 fully saturated rings. The van der Waals surface area contributed by atoms with E-state index in [1.54, 1.807) is 18.2 Å². The summed E-state index contributed by atoms with van der Waals surface area (Å²) in [5.41, 5.74) is 2.58. The first-order valence-corrected chi connectivity index (χ1v) is 7.31. The van der Waals surface area contributed by atoms with Crippen LogP contribution < -0.4 is 0 Å². The Balaban J connectivity index is 1.68. The summed E-state index contributed by atoms with van der Waals surface area (Å²) in [6.07, 6.45) is 4.19. The molecule has 1 aliphatic heterocycles. The second-order valence-electron chi connectivity index (χ2n) is 4.75. The van der Waals surface area contributed by atoms with Crippen molar-refractivity contribution in [3.05, 3.63) is 64.0 Å². The predicted octanol–water partition coefficient (Wildman–Crippen LogP) is 3.64. The zero-order valence-electron chi connectivity index (χ0n) is 10.9. The second kappa shape index (κ2) is 5.67. The number of carbonyl (C=O) groups is 1. The molecule has 1 aliphatic rings. The number of halogens is 1. The maximum atomic E-state index is 12.2. The Hall–Kier alpha value is -1.81.